The Balaban J connectivity index is 1.08. The van der Waals surface area contributed by atoms with Gasteiger partial charge >= 0.3 is 5.97 Å². The van der Waals surface area contributed by atoms with E-state index in [2.05, 4.69) is 20.2 Å². The van der Waals surface area contributed by atoms with E-state index in [1.807, 2.05) is 38.2 Å². The highest BCUT2D eigenvalue weighted by Gasteiger charge is 2.31. The average Bonchev–Trinajstić information content (AvgIpc) is 3.74. The van der Waals surface area contributed by atoms with Gasteiger partial charge in [-0.15, -0.1) is 22.7 Å². The van der Waals surface area contributed by atoms with Crippen molar-refractivity contribution in [2.45, 2.75) is 64.5 Å². The summed E-state index contributed by atoms with van der Waals surface area (Å²) in [7, 11) is 0. The van der Waals surface area contributed by atoms with Crippen LogP contribution in [-0.4, -0.2) is 61.2 Å². The average molecular weight is 676 g/mol. The highest BCUT2D eigenvalue weighted by atomic mass is 35.5. The number of thiazole rings is 1. The molecule has 4 aromatic heterocycles. The van der Waals surface area contributed by atoms with Gasteiger partial charge in [-0.1, -0.05) is 11.6 Å². The molecule has 0 saturated carbocycles. The van der Waals surface area contributed by atoms with E-state index in [0.29, 0.717) is 46.3 Å². The Hall–Kier alpha value is -3.64. The minimum atomic E-state index is -1.01. The molecule has 0 bridgehead atoms. The molecule has 0 radical (unpaired) electrons. The fraction of sp³-hybridized carbons (Fsp3) is 0.382. The third kappa shape index (κ3) is 5.97. The zero-order chi connectivity index (χ0) is 31.9. The minimum Gasteiger partial charge on any atom is -0.491 e. The van der Waals surface area contributed by atoms with Gasteiger partial charge in [0.25, 0.3) is 5.56 Å². The molecule has 238 valence electrons. The van der Waals surface area contributed by atoms with Crippen molar-refractivity contribution < 1.29 is 14.6 Å². The van der Waals surface area contributed by atoms with Crippen LogP contribution in [0.25, 0.3) is 21.3 Å². The molecule has 1 N–H and O–H groups in total. The van der Waals surface area contributed by atoms with Crippen LogP contribution in [0.2, 0.25) is 5.02 Å². The Labute approximate surface area is 279 Å². The number of pyridine rings is 1. The molecular formula is C34H34ClN5O4S2. The van der Waals surface area contributed by atoms with Crippen LogP contribution in [0.3, 0.4) is 0 Å². The number of ether oxygens (including phenoxy) is 1. The number of hydrogen-bond acceptors (Lipinski definition) is 9. The summed E-state index contributed by atoms with van der Waals surface area (Å²) in [6, 6.07) is 7.67. The van der Waals surface area contributed by atoms with E-state index in [-0.39, 0.29) is 17.7 Å². The predicted octanol–water partition coefficient (Wildman–Crippen LogP) is 6.76. The second-order valence-electron chi connectivity index (χ2n) is 12.1. The number of aromatic carboxylic acids is 1. The van der Waals surface area contributed by atoms with Crippen LogP contribution in [0.4, 0.5) is 0 Å². The van der Waals surface area contributed by atoms with Crippen LogP contribution in [0.15, 0.2) is 46.0 Å². The topological polar surface area (TPSA) is 110 Å². The number of rotatable bonds is 8. The normalized spacial score (nSPS) is 17.3. The molecule has 0 amide bonds. The smallest absolute Gasteiger partial charge is 0.338 e. The molecule has 1 aromatic carbocycles. The number of aromatic nitrogens is 4. The van der Waals surface area contributed by atoms with Gasteiger partial charge < -0.3 is 9.84 Å². The van der Waals surface area contributed by atoms with Crippen molar-refractivity contribution >= 4 is 50.5 Å². The quantitative estimate of drug-likeness (QED) is 0.192. The molecule has 1 atom stereocenters. The second-order valence-corrected chi connectivity index (χ2v) is 14.3. The number of benzene rings is 1. The van der Waals surface area contributed by atoms with Gasteiger partial charge in [-0.05, 0) is 83.3 Å². The number of hydrogen-bond donors (Lipinski definition) is 1. The van der Waals surface area contributed by atoms with E-state index in [4.69, 9.17) is 21.3 Å². The molecule has 2 aliphatic rings. The molecular weight excluding hydrogens is 642 g/mol. The lowest BCUT2D eigenvalue weighted by Gasteiger charge is -2.39. The number of likely N-dealkylation sites (tertiary alicyclic amines) is 1. The summed E-state index contributed by atoms with van der Waals surface area (Å²) < 4.78 is 8.80. The maximum absolute atomic E-state index is 13.9. The first-order valence-electron chi connectivity index (χ1n) is 15.5. The molecule has 1 saturated heterocycles. The second kappa shape index (κ2) is 12.9. The molecule has 9 nitrogen and oxygen atoms in total. The molecule has 12 heteroatoms. The van der Waals surface area contributed by atoms with Crippen LogP contribution in [-0.2, 0) is 19.4 Å². The lowest BCUT2D eigenvalue weighted by Crippen LogP contribution is -2.46. The number of halogens is 1. The first kappa shape index (κ1) is 31.0. The Morgan fingerprint density at radius 1 is 1.11 bits per heavy atom. The van der Waals surface area contributed by atoms with Gasteiger partial charge in [0.1, 0.15) is 18.2 Å². The molecule has 1 aliphatic heterocycles. The number of carbonyl (C=O) groups is 1. The number of carboxylic acid groups (broad SMARTS) is 1. The van der Waals surface area contributed by atoms with Crippen molar-refractivity contribution in [3.8, 4) is 16.9 Å². The third-order valence-electron chi connectivity index (χ3n) is 9.23. The van der Waals surface area contributed by atoms with Gasteiger partial charge in [0.15, 0.2) is 0 Å². The number of aryl methyl sites for hydroxylation is 3. The van der Waals surface area contributed by atoms with Crippen molar-refractivity contribution in [1.82, 2.24) is 24.4 Å². The number of fused-ring (bicyclic) bond motifs is 2. The van der Waals surface area contributed by atoms with Gasteiger partial charge in [-0.25, -0.2) is 14.8 Å². The zero-order valence-electron chi connectivity index (χ0n) is 25.7. The molecule has 5 heterocycles. The minimum absolute atomic E-state index is 0.0241. The molecule has 0 spiro atoms. The molecule has 1 fully saturated rings. The fourth-order valence-corrected chi connectivity index (χ4v) is 8.90. The first-order valence-corrected chi connectivity index (χ1v) is 17.7. The van der Waals surface area contributed by atoms with Crippen LogP contribution < -0.4 is 10.3 Å². The van der Waals surface area contributed by atoms with Crippen LogP contribution in [0, 0.1) is 13.8 Å². The Morgan fingerprint density at radius 2 is 1.93 bits per heavy atom. The van der Waals surface area contributed by atoms with E-state index in [0.717, 1.165) is 72.3 Å². The van der Waals surface area contributed by atoms with Crippen LogP contribution in [0.1, 0.15) is 63.3 Å². The molecule has 7 rings (SSSR count). The van der Waals surface area contributed by atoms with Gasteiger partial charge in [-0.2, -0.15) is 0 Å². The predicted molar refractivity (Wildman–Crippen MR) is 182 cm³/mol. The maximum Gasteiger partial charge on any atom is 0.338 e. The van der Waals surface area contributed by atoms with E-state index in [1.165, 1.54) is 16.3 Å². The van der Waals surface area contributed by atoms with Gasteiger partial charge in [0.05, 0.1) is 33.0 Å². The number of piperidine rings is 1. The lowest BCUT2D eigenvalue weighted by atomic mass is 9.88. The highest BCUT2D eigenvalue weighted by Crippen LogP contribution is 2.40. The van der Waals surface area contributed by atoms with Crippen molar-refractivity contribution in [3.05, 3.63) is 89.9 Å². The van der Waals surface area contributed by atoms with Gasteiger partial charge in [0.2, 0.25) is 0 Å². The highest BCUT2D eigenvalue weighted by molar-refractivity contribution is 7.18. The fourth-order valence-electron chi connectivity index (χ4n) is 6.91. The van der Waals surface area contributed by atoms with E-state index >= 15 is 0 Å². The standard InChI is InChI=1S/C34H34ClN5O4S2/c1-19-15-25(31-30(37-19)27(18-46-31)34(42)43)24-16-22(35)3-6-29(24)44-13-12-40-20(2)38-28-5-4-23(17-26(28)33(40)41)39-10-7-21(8-11-39)32-36-9-14-45-32/h3,6,9,14-16,18,21,23H,4-5,7-8,10-13,17H2,1-2H3,(H,42,43)/t23-/m0/s1. The van der Waals surface area contributed by atoms with Crippen molar-refractivity contribution in [3.63, 3.8) is 0 Å². The van der Waals surface area contributed by atoms with Crippen molar-refractivity contribution in [2.75, 3.05) is 19.7 Å². The van der Waals surface area contributed by atoms with Gasteiger partial charge in [0, 0.05) is 56.3 Å². The number of carboxylic acids is 1. The van der Waals surface area contributed by atoms with Crippen molar-refractivity contribution in [1.29, 1.82) is 0 Å². The molecule has 5 aromatic rings. The summed E-state index contributed by atoms with van der Waals surface area (Å²) in [6.45, 7) is 6.39. The lowest BCUT2D eigenvalue weighted by molar-refractivity contribution is 0.0699. The van der Waals surface area contributed by atoms with Crippen molar-refractivity contribution in [2.24, 2.45) is 0 Å². The van der Waals surface area contributed by atoms with E-state index < -0.39 is 5.97 Å². The first-order chi connectivity index (χ1) is 22.3. The number of nitrogens with zero attached hydrogens (tertiary/aromatic N) is 5. The Morgan fingerprint density at radius 3 is 2.70 bits per heavy atom. The zero-order valence-corrected chi connectivity index (χ0v) is 28.1. The van der Waals surface area contributed by atoms with E-state index in [9.17, 15) is 14.7 Å². The SMILES string of the molecule is Cc1cc(-c2cc(Cl)ccc2OCCn2c(C)nc3c(c2=O)C[C@@H](N2CCC(c4nccs4)CC2)CC3)c2scc(C(=O)O)c2n1. The van der Waals surface area contributed by atoms with Gasteiger partial charge in [-0.3, -0.25) is 19.2 Å². The summed E-state index contributed by atoms with van der Waals surface area (Å²) in [5, 5.41) is 15.1. The van der Waals surface area contributed by atoms with Crippen LogP contribution in [0.5, 0.6) is 5.75 Å². The summed E-state index contributed by atoms with van der Waals surface area (Å²) in [6.07, 6.45) is 6.67. The number of thiophene rings is 1. The summed E-state index contributed by atoms with van der Waals surface area (Å²) >= 11 is 9.51. The van der Waals surface area contributed by atoms with E-state index in [1.54, 1.807) is 27.4 Å². The Kier molecular flexibility index (Phi) is 8.67. The summed E-state index contributed by atoms with van der Waals surface area (Å²) in [5.74, 6) is 0.813. The molecule has 1 aliphatic carbocycles. The monoisotopic (exact) mass is 675 g/mol. The molecule has 0 unspecified atom stereocenters. The third-order valence-corrected chi connectivity index (χ3v) is 11.4. The largest absolute Gasteiger partial charge is 0.491 e. The summed E-state index contributed by atoms with van der Waals surface area (Å²) in [4.78, 5) is 42.1. The van der Waals surface area contributed by atoms with Crippen LogP contribution >= 0.6 is 34.3 Å². The Bertz CT molecular complexity index is 1980. The summed E-state index contributed by atoms with van der Waals surface area (Å²) in [5.41, 5.74) is 4.66. The maximum atomic E-state index is 13.9. The molecule has 46 heavy (non-hydrogen) atoms.